The standard InChI is InChI=1S/C47H54N4O.Pt/c1-29(2)18-21-42-46(45-31(5)14-13-15-32(45)6)33(7)49-51(42)36-24-34(30(3)4)25-38(27-36)52-37-19-20-40-39-16-11-12-17-41(39)50(43(40)28-37)44-26-35(22-23-48-44)47(8,9)10;/h11-12,14,16-17,19-20,22-26,29-30,32,45H,13,15,18,21H2,1-10H3;/q-2;+2/t32-,45?;/m0./s1. The first kappa shape index (κ1) is 38.8. The van der Waals surface area contributed by atoms with Crippen LogP contribution in [0.4, 0.5) is 0 Å². The maximum Gasteiger partial charge on any atom is 2.00 e. The van der Waals surface area contributed by atoms with Gasteiger partial charge in [-0.3, -0.25) is 4.68 Å². The van der Waals surface area contributed by atoms with Crippen molar-refractivity contribution in [1.82, 2.24) is 19.3 Å². The molecule has 3 aromatic heterocycles. The van der Waals surface area contributed by atoms with Crippen LogP contribution < -0.4 is 4.74 Å². The van der Waals surface area contributed by atoms with Gasteiger partial charge < -0.3 is 9.30 Å². The molecular formula is C47H54N4OPt. The number of nitrogens with zero attached hydrogens (tertiary/aromatic N) is 4. The smallest absolute Gasteiger partial charge is 0.509 e. The molecular weight excluding hydrogens is 832 g/mol. The van der Waals surface area contributed by atoms with Gasteiger partial charge in [-0.25, -0.2) is 4.98 Å². The molecule has 2 atom stereocenters. The molecule has 53 heavy (non-hydrogen) atoms. The molecule has 0 radical (unpaired) electrons. The molecule has 7 rings (SSSR count). The Balaban J connectivity index is 0.00000481. The van der Waals surface area contributed by atoms with Crippen LogP contribution in [0.15, 0.2) is 78.5 Å². The molecule has 0 aliphatic heterocycles. The van der Waals surface area contributed by atoms with Gasteiger partial charge in [-0.15, -0.1) is 41.3 Å². The zero-order valence-electron chi connectivity index (χ0n) is 33.1. The van der Waals surface area contributed by atoms with Crippen LogP contribution in [0.1, 0.15) is 121 Å². The summed E-state index contributed by atoms with van der Waals surface area (Å²) in [6, 6.07) is 28.7. The van der Waals surface area contributed by atoms with Crippen LogP contribution in [-0.4, -0.2) is 19.3 Å². The first-order valence-corrected chi connectivity index (χ1v) is 19.2. The van der Waals surface area contributed by atoms with E-state index in [4.69, 9.17) is 14.8 Å². The van der Waals surface area contributed by atoms with E-state index >= 15 is 0 Å². The number of aromatic nitrogens is 4. The molecule has 1 unspecified atom stereocenters. The molecule has 1 aliphatic rings. The van der Waals surface area contributed by atoms with Crippen LogP contribution in [0.25, 0.3) is 33.3 Å². The van der Waals surface area contributed by atoms with Gasteiger partial charge in [0.25, 0.3) is 0 Å². The summed E-state index contributed by atoms with van der Waals surface area (Å²) in [5, 5.41) is 7.55. The minimum atomic E-state index is -0.00385. The Hall–Kier alpha value is -3.95. The van der Waals surface area contributed by atoms with E-state index in [0.717, 1.165) is 58.3 Å². The van der Waals surface area contributed by atoms with Crippen LogP contribution in [0.3, 0.4) is 0 Å². The largest absolute Gasteiger partial charge is 2.00 e. The van der Waals surface area contributed by atoms with Gasteiger partial charge in [0.2, 0.25) is 0 Å². The zero-order chi connectivity index (χ0) is 36.9. The van der Waals surface area contributed by atoms with Crippen molar-refractivity contribution in [2.75, 3.05) is 0 Å². The van der Waals surface area contributed by atoms with Gasteiger partial charge in [-0.05, 0) is 97.5 Å². The number of para-hydroxylation sites is 1. The zero-order valence-corrected chi connectivity index (χ0v) is 35.4. The van der Waals surface area contributed by atoms with E-state index < -0.39 is 0 Å². The SMILES string of the molecule is CC1=CCC[C@H](C)C1c1c(C)nn(-c2[c-]c(Oc3[c-]c4c(cc3)c3ccccc3n4-c3cc(C(C)(C)C)ccn3)cc(C(C)C)c2)c1CCC(C)C.[Pt+2]. The Labute approximate surface area is 331 Å². The fourth-order valence-electron chi connectivity index (χ4n) is 8.03. The third-order valence-corrected chi connectivity index (χ3v) is 11.0. The molecule has 0 bridgehead atoms. The monoisotopic (exact) mass is 885 g/mol. The summed E-state index contributed by atoms with van der Waals surface area (Å²) in [7, 11) is 0. The molecule has 0 amide bonds. The molecule has 5 nitrogen and oxygen atoms in total. The first-order valence-electron chi connectivity index (χ1n) is 19.2. The summed E-state index contributed by atoms with van der Waals surface area (Å²) in [5.74, 6) is 4.04. The van der Waals surface area contributed by atoms with Gasteiger partial charge in [-0.1, -0.05) is 90.8 Å². The van der Waals surface area contributed by atoms with Crippen molar-refractivity contribution in [3.8, 4) is 23.0 Å². The van der Waals surface area contributed by atoms with E-state index in [1.807, 2.05) is 12.3 Å². The Morgan fingerprint density at radius 2 is 1.70 bits per heavy atom. The predicted molar refractivity (Wildman–Crippen MR) is 215 cm³/mol. The number of benzene rings is 3. The Bertz CT molecular complexity index is 2280. The van der Waals surface area contributed by atoms with E-state index in [0.29, 0.717) is 35.2 Å². The number of hydrogen-bond donors (Lipinski definition) is 0. The van der Waals surface area contributed by atoms with Crippen LogP contribution in [-0.2, 0) is 32.9 Å². The molecule has 0 spiro atoms. The summed E-state index contributed by atoms with van der Waals surface area (Å²) in [6.07, 6.45) is 8.79. The molecule has 3 aromatic carbocycles. The molecule has 3 heterocycles. The Kier molecular flexibility index (Phi) is 11.3. The van der Waals surface area contributed by atoms with E-state index in [2.05, 4.69) is 151 Å². The molecule has 278 valence electrons. The molecule has 6 heteroatoms. The summed E-state index contributed by atoms with van der Waals surface area (Å²) in [4.78, 5) is 4.85. The maximum absolute atomic E-state index is 6.73. The molecule has 0 saturated heterocycles. The fourth-order valence-corrected chi connectivity index (χ4v) is 8.03. The van der Waals surface area contributed by atoms with Crippen molar-refractivity contribution in [1.29, 1.82) is 0 Å². The van der Waals surface area contributed by atoms with Gasteiger partial charge >= 0.3 is 21.1 Å². The molecule has 0 fully saturated rings. The average molecular weight is 886 g/mol. The Morgan fingerprint density at radius 3 is 2.42 bits per heavy atom. The second-order valence-corrected chi connectivity index (χ2v) is 16.8. The van der Waals surface area contributed by atoms with Crippen LogP contribution in [0.5, 0.6) is 11.5 Å². The second kappa shape index (κ2) is 15.4. The molecule has 0 saturated carbocycles. The predicted octanol–water partition coefficient (Wildman–Crippen LogP) is 12.5. The minimum Gasteiger partial charge on any atom is -0.509 e. The van der Waals surface area contributed by atoms with Crippen molar-refractivity contribution in [3.63, 3.8) is 0 Å². The fraction of sp³-hybridized carbons (Fsp3) is 0.404. The van der Waals surface area contributed by atoms with Gasteiger partial charge in [0.05, 0.1) is 5.69 Å². The summed E-state index contributed by atoms with van der Waals surface area (Å²) >= 11 is 0. The summed E-state index contributed by atoms with van der Waals surface area (Å²) in [5.41, 5.74) is 10.7. The third-order valence-electron chi connectivity index (χ3n) is 11.0. The normalized spacial score (nSPS) is 16.4. The third kappa shape index (κ3) is 7.70. The molecule has 0 N–H and O–H groups in total. The van der Waals surface area contributed by atoms with Crippen molar-refractivity contribution in [2.45, 2.75) is 112 Å². The molecule has 6 aromatic rings. The number of pyridine rings is 1. The maximum atomic E-state index is 6.73. The van der Waals surface area contributed by atoms with E-state index in [-0.39, 0.29) is 26.5 Å². The van der Waals surface area contributed by atoms with Crippen LogP contribution in [0.2, 0.25) is 0 Å². The van der Waals surface area contributed by atoms with E-state index in [9.17, 15) is 0 Å². The van der Waals surface area contributed by atoms with Gasteiger partial charge in [0.1, 0.15) is 5.82 Å². The van der Waals surface area contributed by atoms with Crippen molar-refractivity contribution >= 4 is 21.8 Å². The average Bonchev–Trinajstić information content (AvgIpc) is 3.60. The van der Waals surface area contributed by atoms with Gasteiger partial charge in [0.15, 0.2) is 0 Å². The second-order valence-electron chi connectivity index (χ2n) is 16.8. The van der Waals surface area contributed by atoms with E-state index in [1.54, 1.807) is 0 Å². The van der Waals surface area contributed by atoms with E-state index in [1.165, 1.54) is 34.4 Å². The van der Waals surface area contributed by atoms with Crippen molar-refractivity contribution in [2.24, 2.45) is 11.8 Å². The summed E-state index contributed by atoms with van der Waals surface area (Å²) < 4.78 is 11.1. The number of fused-ring (bicyclic) bond motifs is 3. The first-order chi connectivity index (χ1) is 24.8. The van der Waals surface area contributed by atoms with Crippen LogP contribution >= 0.6 is 0 Å². The molecule has 1 aliphatic carbocycles. The Morgan fingerprint density at radius 1 is 0.925 bits per heavy atom. The number of rotatable bonds is 9. The number of allylic oxidation sites excluding steroid dienone is 2. The van der Waals surface area contributed by atoms with Crippen LogP contribution in [0, 0.1) is 30.9 Å². The topological polar surface area (TPSA) is 44.9 Å². The quantitative estimate of drug-likeness (QED) is 0.107. The number of ether oxygens (including phenoxy) is 1. The van der Waals surface area contributed by atoms with Crippen molar-refractivity contribution in [3.05, 3.63) is 119 Å². The van der Waals surface area contributed by atoms with Crippen molar-refractivity contribution < 1.29 is 25.8 Å². The minimum absolute atomic E-state index is 0. The number of hydrogen-bond acceptors (Lipinski definition) is 3. The number of aryl methyl sites for hydroxylation is 1. The summed E-state index contributed by atoms with van der Waals surface area (Å²) in [6.45, 7) is 22.7. The van der Waals surface area contributed by atoms with Gasteiger partial charge in [-0.2, -0.15) is 11.2 Å². The van der Waals surface area contributed by atoms with Gasteiger partial charge in [0, 0.05) is 40.4 Å².